The van der Waals surface area contributed by atoms with Crippen molar-refractivity contribution in [1.29, 1.82) is 0 Å². The Morgan fingerprint density at radius 3 is 2.68 bits per heavy atom. The zero-order chi connectivity index (χ0) is 13.7. The summed E-state index contributed by atoms with van der Waals surface area (Å²) in [7, 11) is 0. The van der Waals surface area contributed by atoms with E-state index in [0.717, 1.165) is 5.56 Å². The van der Waals surface area contributed by atoms with Gasteiger partial charge in [-0.1, -0.05) is 37.3 Å². The average molecular weight is 259 g/mol. The average Bonchev–Trinajstić information content (AvgIpc) is 2.94. The number of aliphatic hydroxyl groups is 1. The summed E-state index contributed by atoms with van der Waals surface area (Å²) < 4.78 is 5.23. The van der Waals surface area contributed by atoms with Gasteiger partial charge in [0.05, 0.1) is 24.5 Å². The number of hydrogen-bond donors (Lipinski definition) is 2. The quantitative estimate of drug-likeness (QED) is 0.866. The monoisotopic (exact) mass is 259 g/mol. The van der Waals surface area contributed by atoms with Crippen molar-refractivity contribution in [3.8, 4) is 0 Å². The minimum atomic E-state index is -0.409. The lowest BCUT2D eigenvalue weighted by atomic mass is 10.1. The summed E-state index contributed by atoms with van der Waals surface area (Å²) >= 11 is 0. The lowest BCUT2D eigenvalue weighted by Gasteiger charge is -2.16. The van der Waals surface area contributed by atoms with E-state index < -0.39 is 6.04 Å². The second kappa shape index (κ2) is 6.20. The van der Waals surface area contributed by atoms with Crippen LogP contribution in [0.2, 0.25) is 0 Å². The second-order valence-corrected chi connectivity index (χ2v) is 4.23. The summed E-state index contributed by atoms with van der Waals surface area (Å²) in [5.74, 6) is 0.427. The molecule has 1 heterocycles. The molecule has 2 N–H and O–H groups in total. The van der Waals surface area contributed by atoms with Gasteiger partial charge in [0.15, 0.2) is 0 Å². The molecule has 0 saturated carbocycles. The molecule has 2 rings (SSSR count). The van der Waals surface area contributed by atoms with Crippen LogP contribution in [0.5, 0.6) is 0 Å². The van der Waals surface area contributed by atoms with Crippen molar-refractivity contribution in [2.75, 3.05) is 6.61 Å². The van der Waals surface area contributed by atoms with Crippen molar-refractivity contribution in [2.45, 2.75) is 19.4 Å². The molecule has 0 fully saturated rings. The van der Waals surface area contributed by atoms with Crippen molar-refractivity contribution in [1.82, 2.24) is 5.32 Å². The fourth-order valence-corrected chi connectivity index (χ4v) is 1.97. The molecule has 0 aliphatic heterocycles. The Bertz CT molecular complexity index is 533. The molecule has 0 spiro atoms. The third-order valence-electron chi connectivity index (χ3n) is 3.00. The molecule has 4 nitrogen and oxygen atoms in total. The maximum atomic E-state index is 12.1. The highest BCUT2D eigenvalue weighted by Gasteiger charge is 2.18. The Morgan fingerprint density at radius 2 is 2.05 bits per heavy atom. The van der Waals surface area contributed by atoms with Crippen molar-refractivity contribution in [3.63, 3.8) is 0 Å². The topological polar surface area (TPSA) is 62.5 Å². The molecule has 1 amide bonds. The fraction of sp³-hybridized carbons (Fsp3) is 0.267. The number of carbonyl (C=O) groups is 1. The fourth-order valence-electron chi connectivity index (χ4n) is 1.97. The first-order valence-electron chi connectivity index (χ1n) is 6.29. The predicted octanol–water partition coefficient (Wildman–Crippen LogP) is 2.31. The highest BCUT2D eigenvalue weighted by molar-refractivity contribution is 5.95. The number of amides is 1. The SMILES string of the molecule is CCc1occc1C(=O)N[C@@H](CO)c1ccccc1. The van der Waals surface area contributed by atoms with E-state index in [1.165, 1.54) is 6.26 Å². The number of furan rings is 1. The van der Waals surface area contributed by atoms with E-state index in [0.29, 0.717) is 17.7 Å². The molecular weight excluding hydrogens is 242 g/mol. The smallest absolute Gasteiger partial charge is 0.255 e. The lowest BCUT2D eigenvalue weighted by Crippen LogP contribution is -2.31. The molecular formula is C15H17NO3. The second-order valence-electron chi connectivity index (χ2n) is 4.23. The summed E-state index contributed by atoms with van der Waals surface area (Å²) in [5, 5.41) is 12.2. The first-order valence-corrected chi connectivity index (χ1v) is 6.29. The Labute approximate surface area is 112 Å². The largest absolute Gasteiger partial charge is 0.469 e. The van der Waals surface area contributed by atoms with Gasteiger partial charge in [0.25, 0.3) is 5.91 Å². The van der Waals surface area contributed by atoms with Crippen LogP contribution in [-0.4, -0.2) is 17.6 Å². The summed E-state index contributed by atoms with van der Waals surface area (Å²) in [6, 6.07) is 10.6. The molecule has 19 heavy (non-hydrogen) atoms. The third kappa shape index (κ3) is 3.03. The molecule has 2 aromatic rings. The van der Waals surface area contributed by atoms with Crippen molar-refractivity contribution in [2.24, 2.45) is 0 Å². The Kier molecular flexibility index (Phi) is 4.36. The maximum Gasteiger partial charge on any atom is 0.255 e. The van der Waals surface area contributed by atoms with Gasteiger partial charge in [0, 0.05) is 6.42 Å². The van der Waals surface area contributed by atoms with Crippen LogP contribution in [0.1, 0.15) is 34.6 Å². The van der Waals surface area contributed by atoms with Crippen LogP contribution in [0, 0.1) is 0 Å². The van der Waals surface area contributed by atoms with Gasteiger partial charge in [-0.25, -0.2) is 0 Å². The highest BCUT2D eigenvalue weighted by Crippen LogP contribution is 2.15. The Balaban J connectivity index is 2.13. The normalized spacial score (nSPS) is 12.1. The van der Waals surface area contributed by atoms with Gasteiger partial charge in [-0.15, -0.1) is 0 Å². The van der Waals surface area contributed by atoms with Gasteiger partial charge in [-0.2, -0.15) is 0 Å². The van der Waals surface area contributed by atoms with Crippen LogP contribution >= 0.6 is 0 Å². The minimum absolute atomic E-state index is 0.144. The molecule has 4 heteroatoms. The summed E-state index contributed by atoms with van der Waals surface area (Å²) in [5.41, 5.74) is 1.40. The zero-order valence-corrected chi connectivity index (χ0v) is 10.8. The molecule has 1 aromatic heterocycles. The summed E-state index contributed by atoms with van der Waals surface area (Å²) in [4.78, 5) is 12.1. The minimum Gasteiger partial charge on any atom is -0.469 e. The first-order chi connectivity index (χ1) is 9.26. The van der Waals surface area contributed by atoms with E-state index in [1.54, 1.807) is 6.07 Å². The lowest BCUT2D eigenvalue weighted by molar-refractivity contribution is 0.0914. The van der Waals surface area contributed by atoms with Crippen molar-refractivity contribution >= 4 is 5.91 Å². The maximum absolute atomic E-state index is 12.1. The molecule has 1 atom stereocenters. The Hall–Kier alpha value is -2.07. The number of carbonyl (C=O) groups excluding carboxylic acids is 1. The van der Waals surface area contributed by atoms with E-state index in [2.05, 4.69) is 5.32 Å². The van der Waals surface area contributed by atoms with Crippen molar-refractivity contribution < 1.29 is 14.3 Å². The van der Waals surface area contributed by atoms with Crippen LogP contribution in [0.3, 0.4) is 0 Å². The van der Waals surface area contributed by atoms with Gasteiger partial charge in [-0.05, 0) is 11.6 Å². The van der Waals surface area contributed by atoms with E-state index in [9.17, 15) is 9.90 Å². The molecule has 1 aromatic carbocycles. The number of benzene rings is 1. The number of rotatable bonds is 5. The van der Waals surface area contributed by atoms with Crippen LogP contribution in [0.25, 0.3) is 0 Å². The molecule has 100 valence electrons. The number of aliphatic hydroxyl groups excluding tert-OH is 1. The molecule has 0 saturated heterocycles. The van der Waals surface area contributed by atoms with Crippen LogP contribution < -0.4 is 5.32 Å². The molecule has 0 radical (unpaired) electrons. The highest BCUT2D eigenvalue weighted by atomic mass is 16.3. The summed E-state index contributed by atoms with van der Waals surface area (Å²) in [6.45, 7) is 1.78. The molecule has 0 aliphatic rings. The molecule has 0 bridgehead atoms. The van der Waals surface area contributed by atoms with Gasteiger partial charge in [-0.3, -0.25) is 4.79 Å². The first kappa shape index (κ1) is 13.4. The van der Waals surface area contributed by atoms with E-state index >= 15 is 0 Å². The standard InChI is InChI=1S/C15H17NO3/c1-2-14-12(8-9-19-14)15(18)16-13(10-17)11-6-4-3-5-7-11/h3-9,13,17H,2,10H2,1H3,(H,16,18)/t13-/m0/s1. The number of aryl methyl sites for hydroxylation is 1. The van der Waals surface area contributed by atoms with Crippen LogP contribution in [-0.2, 0) is 6.42 Å². The van der Waals surface area contributed by atoms with Crippen molar-refractivity contribution in [3.05, 3.63) is 59.5 Å². The zero-order valence-electron chi connectivity index (χ0n) is 10.8. The van der Waals surface area contributed by atoms with Crippen LogP contribution in [0.15, 0.2) is 47.1 Å². The number of nitrogens with one attached hydrogen (secondary N) is 1. The molecule has 0 aliphatic carbocycles. The number of hydrogen-bond acceptors (Lipinski definition) is 3. The van der Waals surface area contributed by atoms with E-state index in [-0.39, 0.29) is 12.5 Å². The third-order valence-corrected chi connectivity index (χ3v) is 3.00. The van der Waals surface area contributed by atoms with Gasteiger partial charge < -0.3 is 14.8 Å². The summed E-state index contributed by atoms with van der Waals surface area (Å²) in [6.07, 6.45) is 2.16. The molecule has 0 unspecified atom stereocenters. The van der Waals surface area contributed by atoms with Crippen LogP contribution in [0.4, 0.5) is 0 Å². The Morgan fingerprint density at radius 1 is 1.32 bits per heavy atom. The van der Waals surface area contributed by atoms with E-state index in [1.807, 2.05) is 37.3 Å². The van der Waals surface area contributed by atoms with Gasteiger partial charge in [0.2, 0.25) is 0 Å². The predicted molar refractivity (Wildman–Crippen MR) is 71.8 cm³/mol. The van der Waals surface area contributed by atoms with Gasteiger partial charge >= 0.3 is 0 Å². The van der Waals surface area contributed by atoms with E-state index in [4.69, 9.17) is 4.42 Å². The van der Waals surface area contributed by atoms with Gasteiger partial charge in [0.1, 0.15) is 5.76 Å².